The first kappa shape index (κ1) is 64.3. The molecule has 0 aliphatic carbocycles. The first-order chi connectivity index (χ1) is 37.8. The zero-order valence-corrected chi connectivity index (χ0v) is 49.6. The van der Waals surface area contributed by atoms with Crippen molar-refractivity contribution in [3.05, 3.63) is 70.8 Å². The summed E-state index contributed by atoms with van der Waals surface area (Å²) in [5, 5.41) is 0. The lowest BCUT2D eigenvalue weighted by molar-refractivity contribution is 0.221. The van der Waals surface area contributed by atoms with Gasteiger partial charge >= 0.3 is 0 Å². The second-order valence-electron chi connectivity index (χ2n) is 19.5. The summed E-state index contributed by atoms with van der Waals surface area (Å²) in [7, 11) is 0. The fourth-order valence-electron chi connectivity index (χ4n) is 7.67. The molecule has 0 heterocycles. The number of unbranched alkanes of at least 4 members (excludes halogenated alkanes) is 9. The Morgan fingerprint density at radius 1 is 0.234 bits per heavy atom. The molecule has 0 saturated carbocycles. The van der Waals surface area contributed by atoms with E-state index < -0.39 is 0 Å². The van der Waals surface area contributed by atoms with Crippen molar-refractivity contribution in [3.8, 4) is 69.0 Å². The van der Waals surface area contributed by atoms with Gasteiger partial charge in [0.1, 0.15) is 19.8 Å². The van der Waals surface area contributed by atoms with E-state index in [1.807, 2.05) is 48.5 Å². The minimum Gasteiger partial charge on any atom is -0.490 e. The third-order valence-electron chi connectivity index (χ3n) is 12.4. The Morgan fingerprint density at radius 3 is 0.636 bits per heavy atom. The molecule has 0 spiro atoms. The van der Waals surface area contributed by atoms with Crippen molar-refractivity contribution in [1.29, 1.82) is 0 Å². The Bertz CT molecular complexity index is 2010. The van der Waals surface area contributed by atoms with Crippen LogP contribution in [0.1, 0.15) is 200 Å². The van der Waals surface area contributed by atoms with Crippen LogP contribution in [0.25, 0.3) is 0 Å². The van der Waals surface area contributed by atoms with Gasteiger partial charge in [0.15, 0.2) is 46.0 Å². The van der Waals surface area contributed by atoms with Crippen molar-refractivity contribution in [2.75, 3.05) is 59.5 Å². The Hall–Kier alpha value is -5.23. The van der Waals surface area contributed by atoms with E-state index in [1.54, 1.807) is 0 Å². The van der Waals surface area contributed by atoms with Gasteiger partial charge in [0.05, 0.1) is 59.5 Å². The van der Waals surface area contributed by atoms with Crippen LogP contribution in [0.3, 0.4) is 0 Å². The minimum atomic E-state index is 0.125. The number of halogens is 1. The molecule has 0 aliphatic heterocycles. The highest BCUT2D eigenvalue weighted by Gasteiger charge is 2.23. The fourth-order valence-corrected chi connectivity index (χ4v) is 7.82. The lowest BCUT2D eigenvalue weighted by Crippen LogP contribution is -2.09. The zero-order chi connectivity index (χ0) is 55.3. The molecule has 0 unspecified atom stereocenters. The molecular formula is C64H97ClO12. The Morgan fingerprint density at radius 2 is 0.416 bits per heavy atom. The van der Waals surface area contributed by atoms with Gasteiger partial charge in [-0.3, -0.25) is 0 Å². The highest BCUT2D eigenvalue weighted by Crippen LogP contribution is 2.46. The monoisotopic (exact) mass is 1090 g/mol. The molecule has 432 valence electrons. The smallest absolute Gasteiger partial charge is 0.203 e. The van der Waals surface area contributed by atoms with Crippen LogP contribution < -0.4 is 56.8 Å². The van der Waals surface area contributed by atoms with E-state index in [0.29, 0.717) is 128 Å². The number of benzene rings is 4. The summed E-state index contributed by atoms with van der Waals surface area (Å²) in [6.07, 6.45) is 17.1. The summed E-state index contributed by atoms with van der Waals surface area (Å²) in [5.41, 5.74) is 3.29. The Kier molecular flexibility index (Phi) is 32.7. The Balaban J connectivity index is 1.88. The van der Waals surface area contributed by atoms with Crippen molar-refractivity contribution >= 4 is 11.6 Å². The maximum atomic E-state index is 6.95. The molecule has 0 bridgehead atoms. The van der Waals surface area contributed by atoms with Crippen LogP contribution in [0.5, 0.6) is 69.0 Å². The quantitative estimate of drug-likeness (QED) is 0.0310. The maximum Gasteiger partial charge on any atom is 0.203 e. The topological polar surface area (TPSA) is 111 Å². The molecule has 4 rings (SSSR count). The number of ether oxygens (including phenoxy) is 12. The summed E-state index contributed by atoms with van der Waals surface area (Å²) in [5.74, 6) is 7.14. The van der Waals surface area contributed by atoms with Gasteiger partial charge in [-0.1, -0.05) is 120 Å². The second-order valence-corrected chi connectivity index (χ2v) is 19.8. The lowest BCUT2D eigenvalue weighted by atomic mass is 10.1. The number of alkyl halides is 1. The molecule has 0 radical (unpaired) electrons. The molecule has 0 atom stereocenters. The minimum absolute atomic E-state index is 0.125. The van der Waals surface area contributed by atoms with Gasteiger partial charge in [-0.05, 0) is 129 Å². The summed E-state index contributed by atoms with van der Waals surface area (Å²) in [6.45, 7) is 24.7. The maximum absolute atomic E-state index is 6.95. The third kappa shape index (κ3) is 22.9. The van der Waals surface area contributed by atoms with Gasteiger partial charge in [0.25, 0.3) is 0 Å². The molecule has 13 heteroatoms. The lowest BCUT2D eigenvalue weighted by Gasteiger charge is -2.22. The third-order valence-corrected chi connectivity index (χ3v) is 12.7. The molecule has 0 aromatic heterocycles. The fraction of sp³-hybridized carbons (Fsp3) is 0.625. The number of rotatable bonds is 46. The van der Waals surface area contributed by atoms with Crippen LogP contribution in [0.2, 0.25) is 0 Å². The first-order valence-corrected chi connectivity index (χ1v) is 30.1. The average Bonchev–Trinajstić information content (AvgIpc) is 3.43. The summed E-state index contributed by atoms with van der Waals surface area (Å²) < 4.78 is 78.5. The van der Waals surface area contributed by atoms with Gasteiger partial charge in [0, 0.05) is 5.88 Å². The highest BCUT2D eigenvalue weighted by molar-refractivity contribution is 6.17. The van der Waals surface area contributed by atoms with E-state index in [-0.39, 0.29) is 25.7 Å². The van der Waals surface area contributed by atoms with E-state index in [2.05, 4.69) is 62.3 Å². The zero-order valence-electron chi connectivity index (χ0n) is 48.8. The predicted octanol–water partition coefficient (Wildman–Crippen LogP) is 17.8. The molecule has 0 saturated heterocycles. The van der Waals surface area contributed by atoms with E-state index in [0.717, 1.165) is 138 Å². The largest absolute Gasteiger partial charge is 0.490 e. The van der Waals surface area contributed by atoms with E-state index in [4.69, 9.17) is 68.4 Å². The van der Waals surface area contributed by atoms with Crippen LogP contribution in [-0.4, -0.2) is 59.5 Å². The molecule has 0 N–H and O–H groups in total. The van der Waals surface area contributed by atoms with Gasteiger partial charge in [0.2, 0.25) is 23.0 Å². The van der Waals surface area contributed by atoms with Gasteiger partial charge in [-0.2, -0.15) is 0 Å². The molecule has 0 fully saturated rings. The van der Waals surface area contributed by atoms with Gasteiger partial charge < -0.3 is 56.8 Å². The molecule has 12 nitrogen and oxygen atoms in total. The molecule has 0 aliphatic rings. The summed E-state index contributed by atoms with van der Waals surface area (Å²) in [6, 6.07) is 15.8. The normalized spacial score (nSPS) is 11.0. The Labute approximate surface area is 469 Å². The van der Waals surface area contributed by atoms with Crippen molar-refractivity contribution in [2.45, 2.75) is 204 Å². The first-order valence-electron chi connectivity index (χ1n) is 29.6. The van der Waals surface area contributed by atoms with E-state index in [1.165, 1.54) is 0 Å². The van der Waals surface area contributed by atoms with E-state index >= 15 is 0 Å². The average molecular weight is 1090 g/mol. The van der Waals surface area contributed by atoms with E-state index in [9.17, 15) is 0 Å². The van der Waals surface area contributed by atoms with Crippen LogP contribution >= 0.6 is 11.6 Å². The standard InChI is InChI=1S/C64H97ClO12/c1-10-19-28-66-53-39-50(40-54(67-29-20-11-2)61(53)72-34-25-16-7)46-75-59-37-49(45-65)38-60(76-47-51-41-55(68-30-21-12-3)62(73-35-26-17-8)56(42-51)69-31-22-13-4)64(59)77-48-52-43-57(70-32-23-14-5)63(74-36-27-18-9)58(44-52)71-33-24-15-6/h37-44H,10-36,45-48H2,1-9H3. The van der Waals surface area contributed by atoms with Crippen LogP contribution in [0.4, 0.5) is 0 Å². The number of hydrogen-bond donors (Lipinski definition) is 0. The predicted molar refractivity (Wildman–Crippen MR) is 312 cm³/mol. The molecule has 4 aromatic carbocycles. The summed E-state index contributed by atoms with van der Waals surface area (Å²) in [4.78, 5) is 0. The highest BCUT2D eigenvalue weighted by atomic mass is 35.5. The van der Waals surface area contributed by atoms with Crippen molar-refractivity contribution in [1.82, 2.24) is 0 Å². The molecule has 77 heavy (non-hydrogen) atoms. The van der Waals surface area contributed by atoms with Crippen molar-refractivity contribution in [3.63, 3.8) is 0 Å². The molecule has 0 amide bonds. The summed E-state index contributed by atoms with van der Waals surface area (Å²) >= 11 is 6.71. The van der Waals surface area contributed by atoms with Crippen LogP contribution in [-0.2, 0) is 25.7 Å². The van der Waals surface area contributed by atoms with Gasteiger partial charge in [-0.15, -0.1) is 11.6 Å². The molecular weight excluding hydrogens is 996 g/mol. The van der Waals surface area contributed by atoms with Crippen LogP contribution in [0, 0.1) is 0 Å². The van der Waals surface area contributed by atoms with Crippen molar-refractivity contribution < 1.29 is 56.8 Å². The van der Waals surface area contributed by atoms with Gasteiger partial charge in [-0.25, -0.2) is 0 Å². The molecule has 4 aromatic rings. The van der Waals surface area contributed by atoms with Crippen LogP contribution in [0.15, 0.2) is 48.5 Å². The number of hydrogen-bond acceptors (Lipinski definition) is 12. The van der Waals surface area contributed by atoms with Crippen molar-refractivity contribution in [2.24, 2.45) is 0 Å². The second kappa shape index (κ2) is 39.2. The SMILES string of the molecule is CCCCOc1cc(COc2cc(CCl)cc(OCc3cc(OCCCC)c(OCCCC)c(OCCCC)c3)c2OCc2cc(OCCCC)c(OCCCC)c(OCCCC)c2)cc(OCCCC)c1OCCCC.